The number of nitrogens with zero attached hydrogens (tertiary/aromatic N) is 1. The van der Waals surface area contributed by atoms with Gasteiger partial charge < -0.3 is 5.32 Å². The van der Waals surface area contributed by atoms with Gasteiger partial charge in [-0.05, 0) is 57.5 Å². The zero-order chi connectivity index (χ0) is 12.8. The first-order valence-corrected chi connectivity index (χ1v) is 8.32. The Morgan fingerprint density at radius 3 is 2.56 bits per heavy atom. The highest BCUT2D eigenvalue weighted by Crippen LogP contribution is 2.35. The van der Waals surface area contributed by atoms with Crippen molar-refractivity contribution in [3.63, 3.8) is 0 Å². The van der Waals surface area contributed by atoms with Crippen molar-refractivity contribution in [3.05, 3.63) is 0 Å². The minimum atomic E-state index is 0.715. The summed E-state index contributed by atoms with van der Waals surface area (Å²) < 4.78 is 0. The molecule has 0 amide bonds. The van der Waals surface area contributed by atoms with E-state index < -0.39 is 0 Å². The van der Waals surface area contributed by atoms with Crippen LogP contribution in [0.2, 0.25) is 0 Å². The fourth-order valence-electron chi connectivity index (χ4n) is 3.92. The summed E-state index contributed by atoms with van der Waals surface area (Å²) in [6, 6.07) is 1.64. The molecule has 1 aliphatic carbocycles. The van der Waals surface area contributed by atoms with Crippen LogP contribution in [0.15, 0.2) is 0 Å². The van der Waals surface area contributed by atoms with Crippen LogP contribution in [0.1, 0.15) is 65.2 Å². The summed E-state index contributed by atoms with van der Waals surface area (Å²) in [5, 5.41) is 3.72. The predicted molar refractivity (Wildman–Crippen MR) is 78.9 cm³/mol. The Labute approximate surface area is 114 Å². The highest BCUT2D eigenvalue weighted by Gasteiger charge is 2.33. The Bertz CT molecular complexity index is 223. The van der Waals surface area contributed by atoms with Gasteiger partial charge in [-0.2, -0.15) is 0 Å². The van der Waals surface area contributed by atoms with Gasteiger partial charge in [-0.25, -0.2) is 0 Å². The SMILES string of the molecule is CCCNC(CC)CN1CCCC1C1CCCC1. The van der Waals surface area contributed by atoms with Gasteiger partial charge in [0.1, 0.15) is 0 Å². The summed E-state index contributed by atoms with van der Waals surface area (Å²) in [5.74, 6) is 1.02. The first-order chi connectivity index (χ1) is 8.85. The van der Waals surface area contributed by atoms with E-state index in [4.69, 9.17) is 0 Å². The molecule has 1 N–H and O–H groups in total. The molecule has 2 nitrogen and oxygen atoms in total. The molecule has 106 valence electrons. The topological polar surface area (TPSA) is 15.3 Å². The van der Waals surface area contributed by atoms with Crippen molar-refractivity contribution in [1.29, 1.82) is 0 Å². The molecule has 0 aromatic carbocycles. The third-order valence-electron chi connectivity index (χ3n) is 4.99. The van der Waals surface area contributed by atoms with E-state index in [1.54, 1.807) is 0 Å². The third-order valence-corrected chi connectivity index (χ3v) is 4.99. The average molecular weight is 252 g/mol. The van der Waals surface area contributed by atoms with Gasteiger partial charge in [-0.1, -0.05) is 26.7 Å². The van der Waals surface area contributed by atoms with E-state index in [9.17, 15) is 0 Å². The van der Waals surface area contributed by atoms with Gasteiger partial charge in [-0.3, -0.25) is 4.90 Å². The molecule has 2 heteroatoms. The van der Waals surface area contributed by atoms with Gasteiger partial charge in [0.25, 0.3) is 0 Å². The minimum absolute atomic E-state index is 0.715. The lowest BCUT2D eigenvalue weighted by Gasteiger charge is -2.32. The highest BCUT2D eigenvalue weighted by atomic mass is 15.2. The summed E-state index contributed by atoms with van der Waals surface area (Å²) in [7, 11) is 0. The lowest BCUT2D eigenvalue weighted by atomic mass is 9.95. The van der Waals surface area contributed by atoms with E-state index in [1.807, 2.05) is 0 Å². The maximum Gasteiger partial charge on any atom is 0.0192 e. The monoisotopic (exact) mass is 252 g/mol. The molecule has 2 unspecified atom stereocenters. The first-order valence-electron chi connectivity index (χ1n) is 8.32. The van der Waals surface area contributed by atoms with Gasteiger partial charge >= 0.3 is 0 Å². The maximum absolute atomic E-state index is 3.72. The number of nitrogens with one attached hydrogen (secondary N) is 1. The Kier molecular flexibility index (Phi) is 5.97. The minimum Gasteiger partial charge on any atom is -0.313 e. The molecule has 1 aliphatic heterocycles. The summed E-state index contributed by atoms with van der Waals surface area (Å²) in [5.41, 5.74) is 0. The van der Waals surface area contributed by atoms with Crippen LogP contribution in [0.4, 0.5) is 0 Å². The van der Waals surface area contributed by atoms with Crippen molar-refractivity contribution in [3.8, 4) is 0 Å². The third kappa shape index (κ3) is 3.71. The fraction of sp³-hybridized carbons (Fsp3) is 1.00. The molecule has 0 radical (unpaired) electrons. The molecule has 18 heavy (non-hydrogen) atoms. The fourth-order valence-corrected chi connectivity index (χ4v) is 3.92. The normalized spacial score (nSPS) is 28.0. The molecule has 0 spiro atoms. The van der Waals surface area contributed by atoms with E-state index >= 15 is 0 Å². The van der Waals surface area contributed by atoms with E-state index in [0.717, 1.165) is 12.0 Å². The molecule has 0 aromatic heterocycles. The molecule has 1 saturated carbocycles. The van der Waals surface area contributed by atoms with Crippen LogP contribution in [0.5, 0.6) is 0 Å². The molecule has 2 fully saturated rings. The van der Waals surface area contributed by atoms with Crippen LogP contribution in [0.3, 0.4) is 0 Å². The number of rotatable bonds is 7. The van der Waals surface area contributed by atoms with Gasteiger partial charge in [0.05, 0.1) is 0 Å². The van der Waals surface area contributed by atoms with E-state index in [-0.39, 0.29) is 0 Å². The smallest absolute Gasteiger partial charge is 0.0192 e. The average Bonchev–Trinajstić information content (AvgIpc) is 3.04. The van der Waals surface area contributed by atoms with Crippen LogP contribution >= 0.6 is 0 Å². The molecule has 2 rings (SSSR count). The van der Waals surface area contributed by atoms with Crippen LogP contribution in [-0.2, 0) is 0 Å². The second-order valence-corrected chi connectivity index (χ2v) is 6.31. The van der Waals surface area contributed by atoms with Gasteiger partial charge in [0.2, 0.25) is 0 Å². The molecular weight excluding hydrogens is 220 g/mol. The lowest BCUT2D eigenvalue weighted by molar-refractivity contribution is 0.171. The number of hydrogen-bond acceptors (Lipinski definition) is 2. The second kappa shape index (κ2) is 7.49. The van der Waals surface area contributed by atoms with Crippen molar-refractivity contribution in [2.24, 2.45) is 5.92 Å². The van der Waals surface area contributed by atoms with E-state index in [0.29, 0.717) is 6.04 Å². The Morgan fingerprint density at radius 1 is 1.11 bits per heavy atom. The van der Waals surface area contributed by atoms with Crippen LogP contribution < -0.4 is 5.32 Å². The summed E-state index contributed by atoms with van der Waals surface area (Å²) >= 11 is 0. The van der Waals surface area contributed by atoms with Crippen molar-refractivity contribution in [2.75, 3.05) is 19.6 Å². The van der Waals surface area contributed by atoms with Crippen LogP contribution in [0.25, 0.3) is 0 Å². The van der Waals surface area contributed by atoms with Gasteiger partial charge in [0.15, 0.2) is 0 Å². The Balaban J connectivity index is 1.82. The van der Waals surface area contributed by atoms with Gasteiger partial charge in [-0.15, -0.1) is 0 Å². The molecular formula is C16H32N2. The lowest BCUT2D eigenvalue weighted by Crippen LogP contribution is -2.44. The summed E-state index contributed by atoms with van der Waals surface area (Å²) in [6.45, 7) is 8.41. The molecule has 1 saturated heterocycles. The van der Waals surface area contributed by atoms with Crippen molar-refractivity contribution < 1.29 is 0 Å². The maximum atomic E-state index is 3.72. The molecule has 2 aliphatic rings. The van der Waals surface area contributed by atoms with Crippen molar-refractivity contribution in [1.82, 2.24) is 10.2 Å². The van der Waals surface area contributed by atoms with Crippen molar-refractivity contribution in [2.45, 2.75) is 77.3 Å². The number of likely N-dealkylation sites (tertiary alicyclic amines) is 1. The summed E-state index contributed by atoms with van der Waals surface area (Å²) in [6.07, 6.45) is 11.4. The van der Waals surface area contributed by atoms with E-state index in [1.165, 1.54) is 71.0 Å². The van der Waals surface area contributed by atoms with Crippen LogP contribution in [-0.4, -0.2) is 36.6 Å². The van der Waals surface area contributed by atoms with Crippen LogP contribution in [0, 0.1) is 5.92 Å². The molecule has 2 atom stereocenters. The molecule has 0 aromatic rings. The quantitative estimate of drug-likeness (QED) is 0.747. The zero-order valence-electron chi connectivity index (χ0n) is 12.5. The Morgan fingerprint density at radius 2 is 1.89 bits per heavy atom. The first kappa shape index (κ1) is 14.3. The standard InChI is InChI=1S/C16H32N2/c1-3-11-17-15(4-2)13-18-12-7-10-16(18)14-8-5-6-9-14/h14-17H,3-13H2,1-2H3. The van der Waals surface area contributed by atoms with E-state index in [2.05, 4.69) is 24.1 Å². The predicted octanol–water partition coefficient (Wildman–Crippen LogP) is 3.42. The summed E-state index contributed by atoms with van der Waals surface area (Å²) in [4.78, 5) is 2.81. The Hall–Kier alpha value is -0.0800. The zero-order valence-corrected chi connectivity index (χ0v) is 12.5. The van der Waals surface area contributed by atoms with Gasteiger partial charge in [0, 0.05) is 18.6 Å². The van der Waals surface area contributed by atoms with Crippen molar-refractivity contribution >= 4 is 0 Å². The molecule has 0 bridgehead atoms. The second-order valence-electron chi connectivity index (χ2n) is 6.31. The largest absolute Gasteiger partial charge is 0.313 e. The number of hydrogen-bond donors (Lipinski definition) is 1. The highest BCUT2D eigenvalue weighted by molar-refractivity contribution is 4.89. The molecule has 1 heterocycles.